The van der Waals surface area contributed by atoms with Crippen LogP contribution in [-0.2, 0) is 17.8 Å². The number of aromatic carboxylic acids is 1. The van der Waals surface area contributed by atoms with Gasteiger partial charge in [0.05, 0.1) is 5.56 Å². The van der Waals surface area contributed by atoms with Crippen LogP contribution >= 0.6 is 0 Å². The van der Waals surface area contributed by atoms with Gasteiger partial charge in [0, 0.05) is 18.2 Å². The van der Waals surface area contributed by atoms with Crippen LogP contribution in [0.15, 0.2) is 79.0 Å². The molecular weight excluding hydrogens is 430 g/mol. The molecule has 6 nitrogen and oxygen atoms in total. The molecule has 3 rings (SSSR count). The predicted molar refractivity (Wildman–Crippen MR) is 131 cm³/mol. The number of pyridine rings is 1. The van der Waals surface area contributed by atoms with Gasteiger partial charge in [0.15, 0.2) is 0 Å². The van der Waals surface area contributed by atoms with E-state index in [0.29, 0.717) is 18.9 Å². The highest BCUT2D eigenvalue weighted by molar-refractivity contribution is 5.87. The van der Waals surface area contributed by atoms with Gasteiger partial charge in [-0.25, -0.2) is 9.78 Å². The minimum atomic E-state index is -0.948. The summed E-state index contributed by atoms with van der Waals surface area (Å²) in [6.07, 6.45) is 8.93. The van der Waals surface area contributed by atoms with Crippen LogP contribution in [0, 0.1) is 5.92 Å². The van der Waals surface area contributed by atoms with Crippen LogP contribution in [0.2, 0.25) is 0 Å². The van der Waals surface area contributed by atoms with Crippen molar-refractivity contribution in [1.82, 2.24) is 4.98 Å². The maximum Gasteiger partial charge on any atom is 0.335 e. The second kappa shape index (κ2) is 12.9. The van der Waals surface area contributed by atoms with Crippen molar-refractivity contribution in [3.05, 3.63) is 101 Å². The fourth-order valence-electron chi connectivity index (χ4n) is 3.65. The summed E-state index contributed by atoms with van der Waals surface area (Å²) in [6, 6.07) is 20.6. The molecule has 0 radical (unpaired) electrons. The smallest absolute Gasteiger partial charge is 0.335 e. The van der Waals surface area contributed by atoms with Crippen molar-refractivity contribution < 1.29 is 24.5 Å². The average molecular weight is 460 g/mol. The second-order valence-electron chi connectivity index (χ2n) is 8.14. The van der Waals surface area contributed by atoms with E-state index in [4.69, 9.17) is 14.9 Å². The van der Waals surface area contributed by atoms with E-state index in [1.165, 1.54) is 0 Å². The highest BCUT2D eigenvalue weighted by atomic mass is 16.5. The predicted octanol–water partition coefficient (Wildman–Crippen LogP) is 5.88. The lowest BCUT2D eigenvalue weighted by atomic mass is 9.92. The van der Waals surface area contributed by atoms with E-state index in [0.717, 1.165) is 36.0 Å². The van der Waals surface area contributed by atoms with E-state index >= 15 is 0 Å². The minimum Gasteiger partial charge on any atom is -0.481 e. The maximum atomic E-state index is 11.1. The monoisotopic (exact) mass is 459 g/mol. The number of carbonyl (C=O) groups is 2. The summed E-state index contributed by atoms with van der Waals surface area (Å²) in [7, 11) is 0. The van der Waals surface area contributed by atoms with Crippen molar-refractivity contribution in [2.24, 2.45) is 5.92 Å². The molecule has 0 aliphatic rings. The van der Waals surface area contributed by atoms with Crippen LogP contribution < -0.4 is 4.74 Å². The highest BCUT2D eigenvalue weighted by Crippen LogP contribution is 2.23. The Balaban J connectivity index is 1.70. The Morgan fingerprint density at radius 2 is 1.68 bits per heavy atom. The molecule has 0 saturated carbocycles. The molecule has 1 unspecified atom stereocenters. The lowest BCUT2D eigenvalue weighted by Gasteiger charge is -2.14. The maximum absolute atomic E-state index is 11.1. The van der Waals surface area contributed by atoms with Crippen molar-refractivity contribution >= 4 is 18.0 Å². The van der Waals surface area contributed by atoms with Crippen molar-refractivity contribution in [2.45, 2.75) is 38.7 Å². The Morgan fingerprint density at radius 1 is 0.912 bits per heavy atom. The summed E-state index contributed by atoms with van der Waals surface area (Å²) in [5, 5.41) is 18.0. The standard InChI is InChI=1S/C28H29NO5/c30-26(31)11-5-4-7-21(19-22-13-16-25(17-14-22)28(32)33)12-15-24-10-6-18-29-27(24)34-20-23-8-2-1-3-9-23/h1-3,6,8-10,12-18,21H,4-5,7,11,19-20H2,(H,30,31)(H,32,33)/b15-12+. The Hall–Kier alpha value is -3.93. The first kappa shape index (κ1) is 24.7. The number of aromatic nitrogens is 1. The molecule has 3 aromatic rings. The van der Waals surface area contributed by atoms with Gasteiger partial charge in [-0.3, -0.25) is 4.79 Å². The zero-order valence-electron chi connectivity index (χ0n) is 19.0. The number of hydrogen-bond acceptors (Lipinski definition) is 4. The normalized spacial score (nSPS) is 11.9. The van der Waals surface area contributed by atoms with E-state index in [1.807, 2.05) is 60.7 Å². The highest BCUT2D eigenvalue weighted by Gasteiger charge is 2.10. The van der Waals surface area contributed by atoms with Crippen LogP contribution in [0.25, 0.3) is 6.08 Å². The molecule has 1 heterocycles. The molecular formula is C28H29NO5. The SMILES string of the molecule is O=C(O)CCCCC(/C=C/c1cccnc1OCc1ccccc1)Cc1ccc(C(=O)O)cc1. The molecule has 34 heavy (non-hydrogen) atoms. The molecule has 0 spiro atoms. The largest absolute Gasteiger partial charge is 0.481 e. The molecule has 0 saturated heterocycles. The molecule has 0 aliphatic carbocycles. The van der Waals surface area contributed by atoms with Crippen LogP contribution in [0.4, 0.5) is 0 Å². The first-order valence-corrected chi connectivity index (χ1v) is 11.3. The number of benzene rings is 2. The molecule has 1 aromatic heterocycles. The Morgan fingerprint density at radius 3 is 2.38 bits per heavy atom. The third-order valence-corrected chi connectivity index (χ3v) is 5.48. The summed E-state index contributed by atoms with van der Waals surface area (Å²) in [5.74, 6) is -1.02. The fourth-order valence-corrected chi connectivity index (χ4v) is 3.65. The summed E-state index contributed by atoms with van der Waals surface area (Å²) in [6.45, 7) is 0.424. The van der Waals surface area contributed by atoms with E-state index in [1.54, 1.807) is 18.3 Å². The quantitative estimate of drug-likeness (QED) is 0.310. The molecule has 6 heteroatoms. The van der Waals surface area contributed by atoms with Crippen LogP contribution in [0.5, 0.6) is 5.88 Å². The average Bonchev–Trinajstić information content (AvgIpc) is 2.85. The molecule has 2 aromatic carbocycles. The molecule has 176 valence electrons. The number of nitrogens with zero attached hydrogens (tertiary/aromatic N) is 1. The third kappa shape index (κ3) is 8.20. The number of hydrogen-bond donors (Lipinski definition) is 2. The Labute approximate surface area is 199 Å². The van der Waals surface area contributed by atoms with Gasteiger partial charge in [-0.1, -0.05) is 61.0 Å². The molecule has 2 N–H and O–H groups in total. The van der Waals surface area contributed by atoms with E-state index in [9.17, 15) is 9.59 Å². The van der Waals surface area contributed by atoms with Gasteiger partial charge in [-0.15, -0.1) is 0 Å². The number of unbranched alkanes of at least 4 members (excludes halogenated alkanes) is 1. The summed E-state index contributed by atoms with van der Waals surface area (Å²) < 4.78 is 5.95. The van der Waals surface area contributed by atoms with Crippen molar-refractivity contribution in [1.29, 1.82) is 0 Å². The summed E-state index contributed by atoms with van der Waals surface area (Å²) >= 11 is 0. The zero-order chi connectivity index (χ0) is 24.2. The molecule has 0 amide bonds. The summed E-state index contributed by atoms with van der Waals surface area (Å²) in [4.78, 5) is 26.4. The second-order valence-corrected chi connectivity index (χ2v) is 8.14. The Kier molecular flexibility index (Phi) is 9.40. The molecule has 1 atom stereocenters. The van der Waals surface area contributed by atoms with Gasteiger partial charge in [0.25, 0.3) is 0 Å². The number of rotatable bonds is 13. The van der Waals surface area contributed by atoms with Gasteiger partial charge < -0.3 is 14.9 Å². The van der Waals surface area contributed by atoms with Crippen molar-refractivity contribution in [2.75, 3.05) is 0 Å². The molecule has 0 fully saturated rings. The fraction of sp³-hybridized carbons (Fsp3) is 0.250. The first-order valence-electron chi connectivity index (χ1n) is 11.3. The molecule has 0 aliphatic heterocycles. The number of carboxylic acid groups (broad SMARTS) is 2. The lowest BCUT2D eigenvalue weighted by Crippen LogP contribution is -2.04. The number of allylic oxidation sites excluding steroid dienone is 1. The van der Waals surface area contributed by atoms with Crippen LogP contribution in [0.3, 0.4) is 0 Å². The zero-order valence-corrected chi connectivity index (χ0v) is 19.0. The lowest BCUT2D eigenvalue weighted by molar-refractivity contribution is -0.137. The van der Waals surface area contributed by atoms with Crippen molar-refractivity contribution in [3.8, 4) is 5.88 Å². The van der Waals surface area contributed by atoms with Gasteiger partial charge >= 0.3 is 11.9 Å². The van der Waals surface area contributed by atoms with Gasteiger partial charge in [0.2, 0.25) is 5.88 Å². The van der Waals surface area contributed by atoms with E-state index in [2.05, 4.69) is 11.1 Å². The topological polar surface area (TPSA) is 96.7 Å². The van der Waals surface area contributed by atoms with Crippen LogP contribution in [-0.4, -0.2) is 27.1 Å². The van der Waals surface area contributed by atoms with E-state index in [-0.39, 0.29) is 17.9 Å². The van der Waals surface area contributed by atoms with Gasteiger partial charge in [-0.05, 0) is 60.6 Å². The first-order chi connectivity index (χ1) is 16.5. The number of aliphatic carboxylic acids is 1. The van der Waals surface area contributed by atoms with Gasteiger partial charge in [0.1, 0.15) is 6.61 Å². The van der Waals surface area contributed by atoms with E-state index < -0.39 is 11.9 Å². The minimum absolute atomic E-state index is 0.157. The van der Waals surface area contributed by atoms with Crippen molar-refractivity contribution in [3.63, 3.8) is 0 Å². The Bertz CT molecular complexity index is 1090. The van der Waals surface area contributed by atoms with Crippen LogP contribution in [0.1, 0.15) is 52.7 Å². The van der Waals surface area contributed by atoms with Gasteiger partial charge in [-0.2, -0.15) is 0 Å². The number of ether oxygens (including phenoxy) is 1. The third-order valence-electron chi connectivity index (χ3n) is 5.48. The number of carboxylic acids is 2. The summed E-state index contributed by atoms with van der Waals surface area (Å²) in [5.41, 5.74) is 3.22. The molecule has 0 bridgehead atoms.